The lowest BCUT2D eigenvalue weighted by molar-refractivity contribution is -0.155. The average molecular weight is 244 g/mol. The summed E-state index contributed by atoms with van der Waals surface area (Å²) in [7, 11) is 0. The molecular weight excluding hydrogens is 230 g/mol. The van der Waals surface area contributed by atoms with Crippen molar-refractivity contribution < 1.29 is 9.59 Å². The summed E-state index contributed by atoms with van der Waals surface area (Å²) < 4.78 is 0. The molecule has 16 heavy (non-hydrogen) atoms. The molecule has 1 heterocycles. The Kier molecular flexibility index (Phi) is 4.56. The normalized spacial score (nSPS) is 18.6. The molecule has 0 aromatic heterocycles. The molecule has 0 N–H and O–H groups in total. The summed E-state index contributed by atoms with van der Waals surface area (Å²) in [6.07, 6.45) is 0.829. The Morgan fingerprint density at radius 1 is 1.38 bits per heavy atom. The smallest absolute Gasteiger partial charge is 0.312 e. The molecule has 0 bridgehead atoms. The highest BCUT2D eigenvalue weighted by Gasteiger charge is 2.32. The van der Waals surface area contributed by atoms with Gasteiger partial charge in [-0.3, -0.25) is 9.59 Å². The van der Waals surface area contributed by atoms with Gasteiger partial charge in [-0.25, -0.2) is 0 Å². The van der Waals surface area contributed by atoms with Gasteiger partial charge in [0.05, 0.1) is 12.6 Å². The van der Waals surface area contributed by atoms with Crippen molar-refractivity contribution in [2.24, 2.45) is 0 Å². The van der Waals surface area contributed by atoms with Crippen molar-refractivity contribution in [3.8, 4) is 6.07 Å². The van der Waals surface area contributed by atoms with Gasteiger partial charge in [-0.05, 0) is 6.42 Å². The van der Waals surface area contributed by atoms with E-state index in [0.29, 0.717) is 19.6 Å². The minimum absolute atomic E-state index is 0.114. The SMILES string of the molecule is CCCN1CCN(CC(Cl)C#N)C(=O)C1=O. The Bertz CT molecular complexity index is 327. The van der Waals surface area contributed by atoms with E-state index in [-0.39, 0.29) is 6.54 Å². The minimum atomic E-state index is -0.755. The number of carbonyl (C=O) groups excluding carboxylic acids is 2. The predicted octanol–water partition coefficient (Wildman–Crippen LogP) is 0.198. The van der Waals surface area contributed by atoms with E-state index in [1.165, 1.54) is 9.80 Å². The van der Waals surface area contributed by atoms with Crippen molar-refractivity contribution in [2.75, 3.05) is 26.2 Å². The summed E-state index contributed by atoms with van der Waals surface area (Å²) in [5, 5.41) is 7.78. The summed E-state index contributed by atoms with van der Waals surface area (Å²) in [5.41, 5.74) is 0. The first-order chi connectivity index (χ1) is 7.60. The monoisotopic (exact) mass is 243 g/mol. The van der Waals surface area contributed by atoms with Crippen molar-refractivity contribution in [2.45, 2.75) is 18.7 Å². The van der Waals surface area contributed by atoms with E-state index in [1.807, 2.05) is 13.0 Å². The lowest BCUT2D eigenvalue weighted by Crippen LogP contribution is -2.55. The number of alkyl halides is 1. The van der Waals surface area contributed by atoms with E-state index < -0.39 is 17.2 Å². The van der Waals surface area contributed by atoms with Gasteiger partial charge in [0, 0.05) is 19.6 Å². The van der Waals surface area contributed by atoms with Crippen LogP contribution in [0.25, 0.3) is 0 Å². The van der Waals surface area contributed by atoms with Crippen molar-refractivity contribution in [3.05, 3.63) is 0 Å². The third-order valence-electron chi connectivity index (χ3n) is 2.41. The van der Waals surface area contributed by atoms with E-state index in [4.69, 9.17) is 16.9 Å². The van der Waals surface area contributed by atoms with Crippen LogP contribution in [0.4, 0.5) is 0 Å². The summed E-state index contributed by atoms with van der Waals surface area (Å²) in [6, 6.07) is 1.83. The zero-order valence-corrected chi connectivity index (χ0v) is 9.90. The third-order valence-corrected chi connectivity index (χ3v) is 2.65. The molecule has 1 aliphatic rings. The molecular formula is C10H14ClN3O2. The summed E-state index contributed by atoms with van der Waals surface area (Å²) in [5.74, 6) is -1.05. The Morgan fingerprint density at radius 2 is 1.94 bits per heavy atom. The van der Waals surface area contributed by atoms with E-state index in [9.17, 15) is 9.59 Å². The van der Waals surface area contributed by atoms with Crippen molar-refractivity contribution in [3.63, 3.8) is 0 Å². The quantitative estimate of drug-likeness (QED) is 0.523. The molecule has 2 amide bonds. The Morgan fingerprint density at radius 3 is 2.50 bits per heavy atom. The molecule has 0 aromatic carbocycles. The molecule has 1 fully saturated rings. The van der Waals surface area contributed by atoms with Gasteiger partial charge in [0.1, 0.15) is 5.38 Å². The maximum Gasteiger partial charge on any atom is 0.312 e. The van der Waals surface area contributed by atoms with Crippen LogP contribution < -0.4 is 0 Å². The molecule has 1 saturated heterocycles. The van der Waals surface area contributed by atoms with Crippen LogP contribution in [0.5, 0.6) is 0 Å². The fourth-order valence-electron chi connectivity index (χ4n) is 1.61. The molecule has 0 aromatic rings. The highest BCUT2D eigenvalue weighted by atomic mass is 35.5. The van der Waals surface area contributed by atoms with E-state index in [0.717, 1.165) is 6.42 Å². The number of amides is 2. The highest BCUT2D eigenvalue weighted by molar-refractivity contribution is 6.35. The number of halogens is 1. The Balaban J connectivity index is 2.59. The molecule has 88 valence electrons. The van der Waals surface area contributed by atoms with Crippen molar-refractivity contribution in [1.29, 1.82) is 5.26 Å². The van der Waals surface area contributed by atoms with Gasteiger partial charge in [0.15, 0.2) is 0 Å². The van der Waals surface area contributed by atoms with E-state index in [1.54, 1.807) is 0 Å². The van der Waals surface area contributed by atoms with Crippen LogP contribution in [0.15, 0.2) is 0 Å². The Labute approximate surface area is 99.6 Å². The number of piperazine rings is 1. The van der Waals surface area contributed by atoms with E-state index in [2.05, 4.69) is 0 Å². The zero-order chi connectivity index (χ0) is 12.1. The van der Waals surface area contributed by atoms with Gasteiger partial charge in [-0.1, -0.05) is 6.92 Å². The maximum atomic E-state index is 11.6. The topological polar surface area (TPSA) is 64.4 Å². The van der Waals surface area contributed by atoms with E-state index >= 15 is 0 Å². The highest BCUT2D eigenvalue weighted by Crippen LogP contribution is 2.08. The number of hydrogen-bond acceptors (Lipinski definition) is 3. The van der Waals surface area contributed by atoms with Gasteiger partial charge >= 0.3 is 11.8 Å². The lowest BCUT2D eigenvalue weighted by Gasteiger charge is -2.33. The molecule has 0 saturated carbocycles. The number of rotatable bonds is 4. The summed E-state index contributed by atoms with van der Waals surface area (Å²) in [6.45, 7) is 3.64. The van der Waals surface area contributed by atoms with Crippen LogP contribution >= 0.6 is 11.6 Å². The number of nitrogens with zero attached hydrogens (tertiary/aromatic N) is 3. The van der Waals surface area contributed by atoms with Gasteiger partial charge in [0.25, 0.3) is 0 Å². The van der Waals surface area contributed by atoms with Crippen molar-refractivity contribution >= 4 is 23.4 Å². The second kappa shape index (κ2) is 5.71. The fraction of sp³-hybridized carbons (Fsp3) is 0.700. The Hall–Kier alpha value is -1.28. The maximum absolute atomic E-state index is 11.6. The summed E-state index contributed by atoms with van der Waals surface area (Å²) >= 11 is 5.63. The third kappa shape index (κ3) is 2.86. The van der Waals surface area contributed by atoms with Crippen LogP contribution in [-0.4, -0.2) is 53.2 Å². The standard InChI is InChI=1S/C10H14ClN3O2/c1-2-3-13-4-5-14(7-8(11)6-12)10(16)9(13)15/h8H,2-5,7H2,1H3. The second-order valence-corrected chi connectivity index (χ2v) is 4.17. The molecule has 5 nitrogen and oxygen atoms in total. The zero-order valence-electron chi connectivity index (χ0n) is 9.15. The molecule has 1 unspecified atom stereocenters. The number of carbonyl (C=O) groups is 2. The molecule has 6 heteroatoms. The predicted molar refractivity (Wildman–Crippen MR) is 58.7 cm³/mol. The molecule has 1 aliphatic heterocycles. The largest absolute Gasteiger partial charge is 0.333 e. The average Bonchev–Trinajstić information content (AvgIpc) is 2.28. The van der Waals surface area contributed by atoms with Gasteiger partial charge < -0.3 is 9.80 Å². The fourth-order valence-corrected chi connectivity index (χ4v) is 1.77. The minimum Gasteiger partial charge on any atom is -0.333 e. The number of hydrogen-bond donors (Lipinski definition) is 0. The van der Waals surface area contributed by atoms with Crippen LogP contribution in [0, 0.1) is 11.3 Å². The van der Waals surface area contributed by atoms with Crippen LogP contribution in [0.3, 0.4) is 0 Å². The van der Waals surface area contributed by atoms with Crippen LogP contribution in [-0.2, 0) is 9.59 Å². The van der Waals surface area contributed by atoms with Gasteiger partial charge in [-0.2, -0.15) is 5.26 Å². The van der Waals surface area contributed by atoms with Gasteiger partial charge in [0.2, 0.25) is 0 Å². The molecule has 1 atom stereocenters. The van der Waals surface area contributed by atoms with Crippen LogP contribution in [0.1, 0.15) is 13.3 Å². The summed E-state index contributed by atoms with van der Waals surface area (Å²) in [4.78, 5) is 26.1. The van der Waals surface area contributed by atoms with Crippen molar-refractivity contribution in [1.82, 2.24) is 9.80 Å². The lowest BCUT2D eigenvalue weighted by atomic mass is 10.2. The first-order valence-corrected chi connectivity index (χ1v) is 5.65. The van der Waals surface area contributed by atoms with Gasteiger partial charge in [-0.15, -0.1) is 11.6 Å². The first-order valence-electron chi connectivity index (χ1n) is 5.22. The molecule has 0 radical (unpaired) electrons. The molecule has 0 spiro atoms. The number of nitriles is 1. The second-order valence-electron chi connectivity index (χ2n) is 3.64. The van der Waals surface area contributed by atoms with Crippen LogP contribution in [0.2, 0.25) is 0 Å². The molecule has 0 aliphatic carbocycles. The molecule has 1 rings (SSSR count). The first kappa shape index (κ1) is 12.8.